The Morgan fingerprint density at radius 1 is 1.15 bits per heavy atom. The van der Waals surface area contributed by atoms with Crippen LogP contribution < -0.4 is 10.6 Å². The normalized spacial score (nSPS) is 10.1. The molecule has 0 radical (unpaired) electrons. The van der Waals surface area contributed by atoms with Crippen molar-refractivity contribution < 1.29 is 0 Å². The number of nitrogens with one attached hydrogen (secondary N) is 2. The van der Waals surface area contributed by atoms with E-state index in [4.69, 9.17) is 35.4 Å². The predicted octanol–water partition coefficient (Wildman–Crippen LogP) is 3.92. The summed E-state index contributed by atoms with van der Waals surface area (Å²) in [4.78, 5) is 4.13. The summed E-state index contributed by atoms with van der Waals surface area (Å²) in [6.45, 7) is 0.690. The van der Waals surface area contributed by atoms with Gasteiger partial charge >= 0.3 is 0 Å². The van der Waals surface area contributed by atoms with Gasteiger partial charge in [-0.1, -0.05) is 29.3 Å². The van der Waals surface area contributed by atoms with Crippen LogP contribution in [0.1, 0.15) is 5.56 Å². The molecular formula is C14H13Cl2N3S. The molecule has 0 aliphatic rings. The zero-order valence-electron chi connectivity index (χ0n) is 10.6. The fourth-order valence-corrected chi connectivity index (χ4v) is 2.45. The number of anilines is 1. The maximum Gasteiger partial charge on any atom is 0.171 e. The number of aromatic nitrogens is 1. The molecule has 2 rings (SSSR count). The molecule has 1 aromatic carbocycles. The van der Waals surface area contributed by atoms with E-state index in [9.17, 15) is 0 Å². The van der Waals surface area contributed by atoms with Gasteiger partial charge in [0.05, 0.1) is 0 Å². The maximum absolute atomic E-state index is 5.95. The van der Waals surface area contributed by atoms with E-state index in [-0.39, 0.29) is 0 Å². The summed E-state index contributed by atoms with van der Waals surface area (Å²) in [6, 6.07) is 11.1. The average Bonchev–Trinajstić information content (AvgIpc) is 2.38. The van der Waals surface area contributed by atoms with Crippen LogP contribution in [0.15, 0.2) is 42.6 Å². The molecule has 0 fully saturated rings. The van der Waals surface area contributed by atoms with Crippen molar-refractivity contribution in [3.8, 4) is 0 Å². The lowest BCUT2D eigenvalue weighted by molar-refractivity contribution is 0.873. The smallest absolute Gasteiger partial charge is 0.171 e. The molecule has 1 aromatic heterocycles. The van der Waals surface area contributed by atoms with Crippen LogP contribution in [0.5, 0.6) is 0 Å². The zero-order valence-corrected chi connectivity index (χ0v) is 12.9. The Labute approximate surface area is 133 Å². The summed E-state index contributed by atoms with van der Waals surface area (Å²) >= 11 is 17.1. The van der Waals surface area contributed by atoms with Gasteiger partial charge in [0.1, 0.15) is 5.82 Å². The predicted molar refractivity (Wildman–Crippen MR) is 88.6 cm³/mol. The van der Waals surface area contributed by atoms with Gasteiger partial charge in [-0.05, 0) is 54.5 Å². The molecule has 104 valence electrons. The summed E-state index contributed by atoms with van der Waals surface area (Å²) < 4.78 is 0. The first-order chi connectivity index (χ1) is 9.63. The number of thiocarbonyl (C=S) groups is 1. The molecule has 1 heterocycles. The van der Waals surface area contributed by atoms with Gasteiger partial charge in [0.15, 0.2) is 5.11 Å². The quantitative estimate of drug-likeness (QED) is 0.835. The fourth-order valence-electron chi connectivity index (χ4n) is 1.67. The first-order valence-corrected chi connectivity index (χ1v) is 7.21. The lowest BCUT2D eigenvalue weighted by Gasteiger charge is -2.10. The molecule has 0 spiro atoms. The number of nitrogens with zero attached hydrogens (tertiary/aromatic N) is 1. The van der Waals surface area contributed by atoms with E-state index in [1.807, 2.05) is 30.3 Å². The number of rotatable bonds is 4. The van der Waals surface area contributed by atoms with Gasteiger partial charge in [0.25, 0.3) is 0 Å². The first-order valence-electron chi connectivity index (χ1n) is 6.04. The molecule has 0 saturated heterocycles. The van der Waals surface area contributed by atoms with Crippen LogP contribution >= 0.6 is 35.4 Å². The molecule has 0 bridgehead atoms. The second kappa shape index (κ2) is 7.43. The minimum atomic E-state index is 0.539. The molecule has 0 unspecified atom stereocenters. The van der Waals surface area contributed by atoms with Crippen molar-refractivity contribution in [2.45, 2.75) is 6.42 Å². The third kappa shape index (κ3) is 4.96. The highest BCUT2D eigenvalue weighted by molar-refractivity contribution is 7.80. The van der Waals surface area contributed by atoms with Crippen molar-refractivity contribution in [2.24, 2.45) is 0 Å². The Bertz CT molecular complexity index is 570. The van der Waals surface area contributed by atoms with Crippen molar-refractivity contribution in [3.05, 3.63) is 58.2 Å². The van der Waals surface area contributed by atoms with Crippen molar-refractivity contribution in [2.75, 3.05) is 11.9 Å². The molecule has 0 atom stereocenters. The van der Waals surface area contributed by atoms with Crippen LogP contribution in [0.4, 0.5) is 5.82 Å². The van der Waals surface area contributed by atoms with Crippen molar-refractivity contribution in [1.82, 2.24) is 10.3 Å². The molecule has 3 nitrogen and oxygen atoms in total. The molecular weight excluding hydrogens is 313 g/mol. The van der Waals surface area contributed by atoms with Gasteiger partial charge in [0.2, 0.25) is 0 Å². The average molecular weight is 326 g/mol. The molecule has 0 aliphatic heterocycles. The van der Waals surface area contributed by atoms with Gasteiger partial charge in [-0.15, -0.1) is 0 Å². The summed E-state index contributed by atoms with van der Waals surface area (Å²) in [5, 5.41) is 7.94. The van der Waals surface area contributed by atoms with Gasteiger partial charge < -0.3 is 10.6 Å². The van der Waals surface area contributed by atoms with Crippen LogP contribution in [-0.4, -0.2) is 16.6 Å². The summed E-state index contributed by atoms with van der Waals surface area (Å²) in [5.74, 6) is 0.718. The third-order valence-electron chi connectivity index (χ3n) is 2.53. The number of hydrogen-bond acceptors (Lipinski definition) is 2. The van der Waals surface area contributed by atoms with E-state index in [0.717, 1.165) is 17.8 Å². The highest BCUT2D eigenvalue weighted by Crippen LogP contribution is 2.19. The Morgan fingerprint density at radius 2 is 1.90 bits per heavy atom. The second-order valence-electron chi connectivity index (χ2n) is 4.12. The van der Waals surface area contributed by atoms with Crippen molar-refractivity contribution >= 4 is 46.4 Å². The Morgan fingerprint density at radius 3 is 2.55 bits per heavy atom. The lowest BCUT2D eigenvalue weighted by Crippen LogP contribution is -2.30. The van der Waals surface area contributed by atoms with Gasteiger partial charge in [-0.25, -0.2) is 4.98 Å². The van der Waals surface area contributed by atoms with Crippen LogP contribution in [0.25, 0.3) is 0 Å². The van der Waals surface area contributed by atoms with Crippen LogP contribution in [0.3, 0.4) is 0 Å². The minimum absolute atomic E-state index is 0.539. The second-order valence-corrected chi connectivity index (χ2v) is 5.40. The number of pyridine rings is 1. The highest BCUT2D eigenvalue weighted by atomic mass is 35.5. The molecule has 20 heavy (non-hydrogen) atoms. The van der Waals surface area contributed by atoms with Crippen molar-refractivity contribution in [3.63, 3.8) is 0 Å². The van der Waals surface area contributed by atoms with Crippen LogP contribution in [0, 0.1) is 0 Å². The van der Waals surface area contributed by atoms with Gasteiger partial charge in [-0.2, -0.15) is 0 Å². The first kappa shape index (κ1) is 15.0. The molecule has 2 aromatic rings. The van der Waals surface area contributed by atoms with E-state index in [2.05, 4.69) is 15.6 Å². The highest BCUT2D eigenvalue weighted by Gasteiger charge is 2.00. The minimum Gasteiger partial charge on any atom is -0.362 e. The monoisotopic (exact) mass is 325 g/mol. The number of hydrogen-bond donors (Lipinski definition) is 2. The molecule has 0 aliphatic carbocycles. The molecule has 2 N–H and O–H groups in total. The standard InChI is InChI=1S/C14H13Cl2N3S/c15-11-7-10(8-12(16)9-11)4-6-18-14(20)19-13-3-1-2-5-17-13/h1-3,5,7-9H,4,6H2,(H2,17,18,19,20). The number of benzene rings is 1. The van der Waals surface area contributed by atoms with Crippen LogP contribution in [-0.2, 0) is 6.42 Å². The summed E-state index contributed by atoms with van der Waals surface area (Å²) in [7, 11) is 0. The lowest BCUT2D eigenvalue weighted by atomic mass is 10.1. The molecule has 0 saturated carbocycles. The molecule has 6 heteroatoms. The van der Waals surface area contributed by atoms with E-state index in [1.54, 1.807) is 12.3 Å². The Kier molecular flexibility index (Phi) is 5.59. The summed E-state index contributed by atoms with van der Waals surface area (Å²) in [5.41, 5.74) is 1.07. The van der Waals surface area contributed by atoms with E-state index >= 15 is 0 Å². The van der Waals surface area contributed by atoms with E-state index in [1.165, 1.54) is 0 Å². The summed E-state index contributed by atoms with van der Waals surface area (Å²) in [6.07, 6.45) is 2.49. The Balaban J connectivity index is 1.79. The topological polar surface area (TPSA) is 37.0 Å². The molecule has 0 amide bonds. The third-order valence-corrected chi connectivity index (χ3v) is 3.21. The van der Waals surface area contributed by atoms with E-state index < -0.39 is 0 Å². The SMILES string of the molecule is S=C(NCCc1cc(Cl)cc(Cl)c1)Nc1ccccn1. The van der Waals surface area contributed by atoms with Crippen LogP contribution in [0.2, 0.25) is 10.0 Å². The van der Waals surface area contributed by atoms with Gasteiger partial charge in [-0.3, -0.25) is 0 Å². The largest absolute Gasteiger partial charge is 0.362 e. The zero-order chi connectivity index (χ0) is 14.4. The van der Waals surface area contributed by atoms with E-state index in [0.29, 0.717) is 21.7 Å². The van der Waals surface area contributed by atoms with Gasteiger partial charge in [0, 0.05) is 22.8 Å². The maximum atomic E-state index is 5.95. The number of halogens is 2. The van der Waals surface area contributed by atoms with Crippen molar-refractivity contribution in [1.29, 1.82) is 0 Å². The fraction of sp³-hybridized carbons (Fsp3) is 0.143. The Hall–Kier alpha value is -1.36.